The van der Waals surface area contributed by atoms with E-state index >= 15 is 0 Å². The Kier molecular flexibility index (Phi) is 6.39. The van der Waals surface area contributed by atoms with Crippen molar-refractivity contribution in [1.29, 1.82) is 0 Å². The summed E-state index contributed by atoms with van der Waals surface area (Å²) >= 11 is 5.95. The summed E-state index contributed by atoms with van der Waals surface area (Å²) in [6.45, 7) is 5.10. The standard InChI is InChI=1S/C24H24ClN5O3/c1-31-21-8-4-18(5-9-21)24-26-20(16-32-24)14-29-10-12-30(13-11-29)15-22-27-23(28-33-22)17-2-6-19(25)7-3-17/h2-9,16H,10-15H2,1H3. The van der Waals surface area contributed by atoms with Crippen LogP contribution in [0.15, 0.2) is 63.7 Å². The van der Waals surface area contributed by atoms with Crippen LogP contribution in [-0.2, 0) is 13.1 Å². The zero-order valence-electron chi connectivity index (χ0n) is 18.3. The molecule has 170 valence electrons. The van der Waals surface area contributed by atoms with Gasteiger partial charge in [-0.2, -0.15) is 4.98 Å². The maximum Gasteiger partial charge on any atom is 0.241 e. The summed E-state index contributed by atoms with van der Waals surface area (Å²) in [4.78, 5) is 13.9. The Hall–Kier alpha value is -3.20. The van der Waals surface area contributed by atoms with Crippen LogP contribution < -0.4 is 4.74 Å². The molecular formula is C24H24ClN5O3. The smallest absolute Gasteiger partial charge is 0.241 e. The van der Waals surface area contributed by atoms with Crippen LogP contribution >= 0.6 is 11.6 Å². The first-order valence-corrected chi connectivity index (χ1v) is 11.2. The van der Waals surface area contributed by atoms with Crippen LogP contribution in [-0.4, -0.2) is 58.2 Å². The molecule has 0 aliphatic carbocycles. The number of methoxy groups -OCH3 is 1. The van der Waals surface area contributed by atoms with Crippen molar-refractivity contribution in [2.24, 2.45) is 0 Å². The molecule has 2 aromatic heterocycles. The molecule has 0 amide bonds. The number of halogens is 1. The number of hydrogen-bond donors (Lipinski definition) is 0. The highest BCUT2D eigenvalue weighted by molar-refractivity contribution is 6.30. The summed E-state index contributed by atoms with van der Waals surface area (Å²) in [5.74, 6) is 2.64. The summed E-state index contributed by atoms with van der Waals surface area (Å²) in [5, 5.41) is 4.78. The first-order valence-electron chi connectivity index (χ1n) is 10.8. The van der Waals surface area contributed by atoms with Crippen molar-refractivity contribution < 1.29 is 13.7 Å². The van der Waals surface area contributed by atoms with Crippen molar-refractivity contribution in [2.75, 3.05) is 33.3 Å². The molecule has 1 fully saturated rings. The van der Waals surface area contributed by atoms with E-state index in [1.165, 1.54) is 0 Å². The predicted octanol–water partition coefficient (Wildman–Crippen LogP) is 4.37. The summed E-state index contributed by atoms with van der Waals surface area (Å²) in [5.41, 5.74) is 2.75. The molecule has 8 nitrogen and oxygen atoms in total. The van der Waals surface area contributed by atoms with Gasteiger partial charge in [0.2, 0.25) is 17.6 Å². The number of oxazole rings is 1. The van der Waals surface area contributed by atoms with Crippen LogP contribution in [0.25, 0.3) is 22.8 Å². The number of hydrogen-bond acceptors (Lipinski definition) is 8. The van der Waals surface area contributed by atoms with E-state index < -0.39 is 0 Å². The maximum absolute atomic E-state index is 5.95. The van der Waals surface area contributed by atoms with Crippen molar-refractivity contribution in [2.45, 2.75) is 13.1 Å². The van der Waals surface area contributed by atoms with Crippen molar-refractivity contribution in [1.82, 2.24) is 24.9 Å². The van der Waals surface area contributed by atoms with E-state index in [2.05, 4.69) is 24.9 Å². The lowest BCUT2D eigenvalue weighted by molar-refractivity contribution is 0.111. The molecule has 0 spiro atoms. The lowest BCUT2D eigenvalue weighted by Gasteiger charge is -2.33. The fourth-order valence-electron chi connectivity index (χ4n) is 3.81. The fourth-order valence-corrected chi connectivity index (χ4v) is 3.93. The van der Waals surface area contributed by atoms with E-state index in [0.717, 1.165) is 55.3 Å². The molecule has 0 N–H and O–H groups in total. The van der Waals surface area contributed by atoms with E-state index in [-0.39, 0.29) is 0 Å². The Bertz CT molecular complexity index is 1180. The minimum atomic E-state index is 0.582. The van der Waals surface area contributed by atoms with Gasteiger partial charge >= 0.3 is 0 Å². The van der Waals surface area contributed by atoms with Gasteiger partial charge in [0, 0.05) is 48.9 Å². The van der Waals surface area contributed by atoms with Gasteiger partial charge in [0.1, 0.15) is 12.0 Å². The van der Waals surface area contributed by atoms with E-state index in [9.17, 15) is 0 Å². The molecule has 3 heterocycles. The zero-order valence-corrected chi connectivity index (χ0v) is 19.0. The second-order valence-electron chi connectivity index (χ2n) is 7.94. The topological polar surface area (TPSA) is 80.7 Å². The second-order valence-corrected chi connectivity index (χ2v) is 8.38. The number of nitrogens with zero attached hydrogens (tertiary/aromatic N) is 5. The first kappa shape index (κ1) is 21.6. The Morgan fingerprint density at radius 2 is 1.55 bits per heavy atom. The Morgan fingerprint density at radius 3 is 2.24 bits per heavy atom. The minimum absolute atomic E-state index is 0.582. The van der Waals surface area contributed by atoms with E-state index in [0.29, 0.717) is 29.2 Å². The molecule has 1 saturated heterocycles. The molecular weight excluding hydrogens is 442 g/mol. The van der Waals surface area contributed by atoms with Gasteiger partial charge in [0.15, 0.2) is 0 Å². The molecule has 0 unspecified atom stereocenters. The third-order valence-corrected chi connectivity index (χ3v) is 5.92. The summed E-state index contributed by atoms with van der Waals surface area (Å²) in [7, 11) is 1.65. The number of aromatic nitrogens is 3. The van der Waals surface area contributed by atoms with Crippen LogP contribution in [0.4, 0.5) is 0 Å². The monoisotopic (exact) mass is 465 g/mol. The molecule has 4 aromatic rings. The van der Waals surface area contributed by atoms with Crippen LogP contribution in [0.1, 0.15) is 11.6 Å². The molecule has 0 atom stereocenters. The molecule has 2 aromatic carbocycles. The van der Waals surface area contributed by atoms with Crippen molar-refractivity contribution in [3.8, 4) is 28.6 Å². The van der Waals surface area contributed by atoms with Crippen LogP contribution in [0, 0.1) is 0 Å². The highest BCUT2D eigenvalue weighted by atomic mass is 35.5. The van der Waals surface area contributed by atoms with E-state index in [4.69, 9.17) is 25.3 Å². The second kappa shape index (κ2) is 9.74. The van der Waals surface area contributed by atoms with Crippen LogP contribution in [0.2, 0.25) is 5.02 Å². The van der Waals surface area contributed by atoms with Gasteiger partial charge in [0.25, 0.3) is 0 Å². The third-order valence-electron chi connectivity index (χ3n) is 5.67. The van der Waals surface area contributed by atoms with Gasteiger partial charge in [0.05, 0.1) is 19.3 Å². The summed E-state index contributed by atoms with van der Waals surface area (Å²) < 4.78 is 16.3. The molecule has 0 bridgehead atoms. The highest BCUT2D eigenvalue weighted by Crippen LogP contribution is 2.23. The number of ether oxygens (including phenoxy) is 1. The van der Waals surface area contributed by atoms with Crippen molar-refractivity contribution in [3.05, 3.63) is 71.4 Å². The average molecular weight is 466 g/mol. The van der Waals surface area contributed by atoms with E-state index in [1.807, 2.05) is 48.5 Å². The number of rotatable bonds is 7. The SMILES string of the molecule is COc1ccc(-c2nc(CN3CCN(Cc4nc(-c5ccc(Cl)cc5)no4)CC3)co2)cc1. The normalized spacial score (nSPS) is 15.1. The lowest BCUT2D eigenvalue weighted by atomic mass is 10.2. The van der Waals surface area contributed by atoms with Crippen LogP contribution in [0.3, 0.4) is 0 Å². The quantitative estimate of drug-likeness (QED) is 0.398. The van der Waals surface area contributed by atoms with Gasteiger partial charge in [-0.05, 0) is 48.5 Å². The maximum atomic E-state index is 5.95. The minimum Gasteiger partial charge on any atom is -0.497 e. The summed E-state index contributed by atoms with van der Waals surface area (Å²) in [6.07, 6.45) is 1.74. The van der Waals surface area contributed by atoms with Gasteiger partial charge in [-0.15, -0.1) is 0 Å². The Morgan fingerprint density at radius 1 is 0.879 bits per heavy atom. The van der Waals surface area contributed by atoms with Gasteiger partial charge in [-0.1, -0.05) is 16.8 Å². The van der Waals surface area contributed by atoms with Gasteiger partial charge in [-0.25, -0.2) is 4.98 Å². The molecule has 1 aliphatic heterocycles. The fraction of sp³-hybridized carbons (Fsp3) is 0.292. The average Bonchev–Trinajstić information content (AvgIpc) is 3.51. The zero-order chi connectivity index (χ0) is 22.6. The van der Waals surface area contributed by atoms with Crippen molar-refractivity contribution in [3.63, 3.8) is 0 Å². The summed E-state index contributed by atoms with van der Waals surface area (Å²) in [6, 6.07) is 15.1. The Balaban J connectivity index is 1.12. The third kappa shape index (κ3) is 5.24. The molecule has 1 aliphatic rings. The first-order chi connectivity index (χ1) is 16.2. The Labute approximate surface area is 196 Å². The molecule has 9 heteroatoms. The molecule has 0 saturated carbocycles. The van der Waals surface area contributed by atoms with Crippen LogP contribution in [0.5, 0.6) is 5.75 Å². The molecule has 0 radical (unpaired) electrons. The van der Waals surface area contributed by atoms with Gasteiger partial charge in [-0.3, -0.25) is 9.80 Å². The predicted molar refractivity (Wildman–Crippen MR) is 124 cm³/mol. The largest absolute Gasteiger partial charge is 0.497 e. The lowest BCUT2D eigenvalue weighted by Crippen LogP contribution is -2.45. The number of piperazine rings is 1. The number of benzene rings is 2. The molecule has 33 heavy (non-hydrogen) atoms. The highest BCUT2D eigenvalue weighted by Gasteiger charge is 2.21. The van der Waals surface area contributed by atoms with E-state index in [1.54, 1.807) is 13.4 Å². The molecule has 5 rings (SSSR count). The van der Waals surface area contributed by atoms with Crippen molar-refractivity contribution >= 4 is 11.6 Å². The van der Waals surface area contributed by atoms with Gasteiger partial charge < -0.3 is 13.7 Å².